The molecule has 1 aromatic carbocycles. The van der Waals surface area contributed by atoms with Gasteiger partial charge in [-0.05, 0) is 37.8 Å². The van der Waals surface area contributed by atoms with Gasteiger partial charge in [0.15, 0.2) is 0 Å². The first-order valence-corrected chi connectivity index (χ1v) is 10.8. The third kappa shape index (κ3) is 3.46. The summed E-state index contributed by atoms with van der Waals surface area (Å²) in [5, 5.41) is 3.54. The maximum atomic E-state index is 14.4. The van der Waals surface area contributed by atoms with Crippen LogP contribution in [0.15, 0.2) is 36.8 Å². The highest BCUT2D eigenvalue weighted by Crippen LogP contribution is 2.48. The molecular formula is C22H22ClFN6O2. The molecule has 5 rings (SSSR count). The molecule has 8 nitrogen and oxygen atoms in total. The number of halogens is 2. The molecule has 0 radical (unpaired) electrons. The van der Waals surface area contributed by atoms with Crippen LogP contribution >= 0.6 is 11.6 Å². The van der Waals surface area contributed by atoms with Crippen molar-refractivity contribution in [2.24, 2.45) is 5.92 Å². The Balaban J connectivity index is 1.32. The average Bonchev–Trinajstić information content (AvgIpc) is 3.22. The molecule has 32 heavy (non-hydrogen) atoms. The SMILES string of the molecule is C[C@H](NC(=O)[C@@H]1C[C@H]2CC2N1C(=O)Cn1ccc2c(N)ncnc21)c1cccc(Cl)c1F. The standard InChI is InChI=1S/C22H22ClFN6O2/c1-11(13-3-2-4-15(23)19(13)24)28-22(32)17-8-12-7-16(12)30(17)18(31)9-29-6-5-14-20(25)26-10-27-21(14)29/h2-6,10-12,16-17H,7-9H2,1H3,(H,28,32)(H2,25,26,27)/t11-,12+,16?,17-/m0/s1. The number of fused-ring (bicyclic) bond motifs is 2. The minimum atomic E-state index is -0.586. The summed E-state index contributed by atoms with van der Waals surface area (Å²) >= 11 is 5.87. The Kier molecular flexibility index (Phi) is 5.00. The number of nitrogens with zero attached hydrogens (tertiary/aromatic N) is 4. The van der Waals surface area contributed by atoms with Crippen molar-refractivity contribution in [3.05, 3.63) is 53.2 Å². The largest absolute Gasteiger partial charge is 0.383 e. The molecule has 0 spiro atoms. The number of carbonyl (C=O) groups is 2. The zero-order valence-electron chi connectivity index (χ0n) is 17.3. The molecular weight excluding hydrogens is 435 g/mol. The Morgan fingerprint density at radius 1 is 1.31 bits per heavy atom. The van der Waals surface area contributed by atoms with E-state index < -0.39 is 17.9 Å². The number of aromatic nitrogens is 3. The van der Waals surface area contributed by atoms with Crippen molar-refractivity contribution in [1.29, 1.82) is 0 Å². The summed E-state index contributed by atoms with van der Waals surface area (Å²) in [7, 11) is 0. The molecule has 2 fully saturated rings. The summed E-state index contributed by atoms with van der Waals surface area (Å²) in [6, 6.07) is 5.36. The van der Waals surface area contributed by atoms with E-state index in [4.69, 9.17) is 17.3 Å². The van der Waals surface area contributed by atoms with Gasteiger partial charge in [0.2, 0.25) is 11.8 Å². The minimum Gasteiger partial charge on any atom is -0.383 e. The summed E-state index contributed by atoms with van der Waals surface area (Å²) in [5.74, 6) is -0.325. The maximum absolute atomic E-state index is 14.4. The molecule has 2 aromatic heterocycles. The van der Waals surface area contributed by atoms with Crippen molar-refractivity contribution in [3.63, 3.8) is 0 Å². The van der Waals surface area contributed by atoms with Gasteiger partial charge in [0, 0.05) is 17.8 Å². The lowest BCUT2D eigenvalue weighted by Gasteiger charge is -2.28. The Morgan fingerprint density at radius 3 is 2.94 bits per heavy atom. The Labute approximate surface area is 188 Å². The lowest BCUT2D eigenvalue weighted by atomic mass is 10.1. The highest BCUT2D eigenvalue weighted by atomic mass is 35.5. The first kappa shape index (κ1) is 20.7. The van der Waals surface area contributed by atoms with Crippen molar-refractivity contribution >= 4 is 40.3 Å². The average molecular weight is 457 g/mol. The van der Waals surface area contributed by atoms with Crippen LogP contribution in [0.5, 0.6) is 0 Å². The van der Waals surface area contributed by atoms with Crippen molar-refractivity contribution in [1.82, 2.24) is 24.8 Å². The summed E-state index contributed by atoms with van der Waals surface area (Å²) in [6.45, 7) is 1.75. The van der Waals surface area contributed by atoms with Gasteiger partial charge in [-0.2, -0.15) is 0 Å². The second-order valence-electron chi connectivity index (χ2n) is 8.43. The highest BCUT2D eigenvalue weighted by molar-refractivity contribution is 6.30. The van der Waals surface area contributed by atoms with Gasteiger partial charge in [-0.25, -0.2) is 14.4 Å². The topological polar surface area (TPSA) is 106 Å². The van der Waals surface area contributed by atoms with E-state index in [-0.39, 0.29) is 29.4 Å². The maximum Gasteiger partial charge on any atom is 0.243 e. The van der Waals surface area contributed by atoms with Crippen LogP contribution in [0.2, 0.25) is 5.02 Å². The summed E-state index contributed by atoms with van der Waals surface area (Å²) in [6.07, 6.45) is 4.61. The van der Waals surface area contributed by atoms with E-state index >= 15 is 0 Å². The van der Waals surface area contributed by atoms with E-state index in [9.17, 15) is 14.0 Å². The molecule has 0 bridgehead atoms. The number of nitrogens with one attached hydrogen (secondary N) is 1. The molecule has 2 amide bonds. The van der Waals surface area contributed by atoms with E-state index in [2.05, 4.69) is 15.3 Å². The van der Waals surface area contributed by atoms with Crippen molar-refractivity contribution in [2.45, 2.75) is 44.4 Å². The van der Waals surface area contributed by atoms with E-state index in [1.807, 2.05) is 0 Å². The van der Waals surface area contributed by atoms with Crippen LogP contribution in [0, 0.1) is 11.7 Å². The van der Waals surface area contributed by atoms with Crippen LogP contribution < -0.4 is 11.1 Å². The summed E-state index contributed by atoms with van der Waals surface area (Å²) in [4.78, 5) is 36.2. The molecule has 2 aliphatic rings. The molecule has 1 saturated heterocycles. The van der Waals surface area contributed by atoms with E-state index in [0.29, 0.717) is 34.8 Å². The lowest BCUT2D eigenvalue weighted by Crippen LogP contribution is -2.49. The van der Waals surface area contributed by atoms with E-state index in [0.717, 1.165) is 6.42 Å². The Hall–Kier alpha value is -3.20. The van der Waals surface area contributed by atoms with Gasteiger partial charge in [0.05, 0.1) is 16.5 Å². The van der Waals surface area contributed by atoms with Gasteiger partial charge in [-0.15, -0.1) is 0 Å². The second-order valence-corrected chi connectivity index (χ2v) is 8.84. The smallest absolute Gasteiger partial charge is 0.243 e. The zero-order valence-corrected chi connectivity index (χ0v) is 18.1. The fraction of sp³-hybridized carbons (Fsp3) is 0.364. The molecule has 4 atom stereocenters. The molecule has 1 saturated carbocycles. The van der Waals surface area contributed by atoms with Gasteiger partial charge in [-0.3, -0.25) is 9.59 Å². The number of likely N-dealkylation sites (tertiary alicyclic amines) is 1. The number of nitrogen functional groups attached to an aromatic ring is 1. The Bertz CT molecular complexity index is 1230. The number of rotatable bonds is 5. The molecule has 3 aromatic rings. The van der Waals surface area contributed by atoms with E-state index in [1.54, 1.807) is 40.8 Å². The fourth-order valence-corrected chi connectivity index (χ4v) is 4.85. The third-order valence-electron chi connectivity index (χ3n) is 6.39. The number of hydrogen-bond donors (Lipinski definition) is 2. The van der Waals surface area contributed by atoms with Crippen LogP contribution in [-0.2, 0) is 16.1 Å². The van der Waals surface area contributed by atoms with Crippen LogP contribution in [0.1, 0.15) is 31.4 Å². The van der Waals surface area contributed by atoms with Gasteiger partial charge in [0.1, 0.15) is 36.2 Å². The molecule has 3 N–H and O–H groups in total. The number of carbonyl (C=O) groups excluding carboxylic acids is 2. The van der Waals surface area contributed by atoms with Crippen LogP contribution in [-0.4, -0.2) is 43.3 Å². The van der Waals surface area contributed by atoms with Crippen molar-refractivity contribution < 1.29 is 14.0 Å². The number of amides is 2. The lowest BCUT2D eigenvalue weighted by molar-refractivity contribution is -0.140. The molecule has 10 heteroatoms. The first-order valence-electron chi connectivity index (χ1n) is 10.5. The van der Waals surface area contributed by atoms with Gasteiger partial charge >= 0.3 is 0 Å². The summed E-state index contributed by atoms with van der Waals surface area (Å²) in [5.41, 5.74) is 6.76. The van der Waals surface area contributed by atoms with Crippen LogP contribution in [0.3, 0.4) is 0 Å². The normalized spacial score (nSPS) is 22.6. The molecule has 1 aliphatic heterocycles. The highest BCUT2D eigenvalue weighted by Gasteiger charge is 2.56. The Morgan fingerprint density at radius 2 is 2.12 bits per heavy atom. The molecule has 1 aliphatic carbocycles. The number of benzene rings is 1. The number of nitrogens with two attached hydrogens (primary N) is 1. The fourth-order valence-electron chi connectivity index (χ4n) is 4.67. The number of piperidine rings is 1. The predicted octanol–water partition coefficient (Wildman–Crippen LogP) is 2.67. The second kappa shape index (κ2) is 7.74. The van der Waals surface area contributed by atoms with Gasteiger partial charge in [0.25, 0.3) is 0 Å². The monoisotopic (exact) mass is 456 g/mol. The minimum absolute atomic E-state index is 0.00547. The van der Waals surface area contributed by atoms with Crippen molar-refractivity contribution in [3.8, 4) is 0 Å². The van der Waals surface area contributed by atoms with Gasteiger partial charge < -0.3 is 20.5 Å². The zero-order chi connectivity index (χ0) is 22.6. The third-order valence-corrected chi connectivity index (χ3v) is 6.69. The van der Waals surface area contributed by atoms with Crippen LogP contribution in [0.4, 0.5) is 10.2 Å². The predicted molar refractivity (Wildman–Crippen MR) is 117 cm³/mol. The van der Waals surface area contributed by atoms with E-state index in [1.165, 1.54) is 12.4 Å². The van der Waals surface area contributed by atoms with Crippen LogP contribution in [0.25, 0.3) is 11.0 Å². The van der Waals surface area contributed by atoms with Crippen molar-refractivity contribution in [2.75, 3.05) is 5.73 Å². The molecule has 1 unspecified atom stereocenters. The summed E-state index contributed by atoms with van der Waals surface area (Å²) < 4.78 is 16.1. The first-order chi connectivity index (χ1) is 15.3. The number of hydrogen-bond acceptors (Lipinski definition) is 5. The van der Waals surface area contributed by atoms with Gasteiger partial charge in [-0.1, -0.05) is 23.7 Å². The number of anilines is 1. The molecule has 3 heterocycles. The molecule has 166 valence electrons. The quantitative estimate of drug-likeness (QED) is 0.614.